The smallest absolute Gasteiger partial charge is 0.124 e. The van der Waals surface area contributed by atoms with Crippen molar-refractivity contribution in [3.8, 4) is 5.75 Å². The van der Waals surface area contributed by atoms with E-state index in [1.165, 1.54) is 12.8 Å². The summed E-state index contributed by atoms with van der Waals surface area (Å²) in [5.74, 6) is 1.23. The van der Waals surface area contributed by atoms with Crippen LogP contribution in [0.2, 0.25) is 0 Å². The van der Waals surface area contributed by atoms with Crippen LogP contribution in [0.15, 0.2) is 18.2 Å². The first kappa shape index (κ1) is 12.4. The predicted octanol–water partition coefficient (Wildman–Crippen LogP) is 2.08. The summed E-state index contributed by atoms with van der Waals surface area (Å²) >= 11 is 0. The summed E-state index contributed by atoms with van der Waals surface area (Å²) in [4.78, 5) is 2.41. The highest BCUT2D eigenvalue weighted by Crippen LogP contribution is 2.25. The molecule has 1 aliphatic rings. The lowest BCUT2D eigenvalue weighted by Gasteiger charge is -2.30. The van der Waals surface area contributed by atoms with Crippen LogP contribution in [0.25, 0.3) is 0 Å². The van der Waals surface area contributed by atoms with Gasteiger partial charge >= 0.3 is 0 Å². The quantitative estimate of drug-likeness (QED) is 0.842. The van der Waals surface area contributed by atoms with Gasteiger partial charge in [0.15, 0.2) is 0 Å². The maximum Gasteiger partial charge on any atom is 0.124 e. The third kappa shape index (κ3) is 2.99. The minimum Gasteiger partial charge on any atom is -0.507 e. The molecule has 0 saturated carbocycles. The average molecular weight is 234 g/mol. The van der Waals surface area contributed by atoms with E-state index >= 15 is 0 Å². The molecule has 0 aliphatic carbocycles. The number of piperidine rings is 1. The topological polar surface area (TPSA) is 49.5 Å². The van der Waals surface area contributed by atoms with Crippen LogP contribution in [0.4, 0.5) is 0 Å². The molecule has 17 heavy (non-hydrogen) atoms. The molecule has 1 fully saturated rings. The van der Waals surface area contributed by atoms with Crippen molar-refractivity contribution >= 4 is 0 Å². The largest absolute Gasteiger partial charge is 0.507 e. The van der Waals surface area contributed by atoms with Crippen LogP contribution in [0.1, 0.15) is 30.9 Å². The Bertz CT molecular complexity index is 370. The number of rotatable bonds is 3. The van der Waals surface area contributed by atoms with Crippen molar-refractivity contribution in [1.82, 2.24) is 4.90 Å². The number of benzene rings is 1. The molecule has 3 N–H and O–H groups in total. The molecule has 0 bridgehead atoms. The van der Waals surface area contributed by atoms with Crippen LogP contribution in [-0.4, -0.2) is 23.1 Å². The van der Waals surface area contributed by atoms with Crippen LogP contribution in [0, 0.1) is 5.92 Å². The molecule has 0 atom stereocenters. The van der Waals surface area contributed by atoms with Crippen LogP contribution >= 0.6 is 0 Å². The molecule has 1 saturated heterocycles. The van der Waals surface area contributed by atoms with Gasteiger partial charge in [-0.2, -0.15) is 0 Å². The Hall–Kier alpha value is -1.06. The lowest BCUT2D eigenvalue weighted by molar-refractivity contribution is 0.183. The molecule has 0 aromatic heterocycles. The zero-order valence-corrected chi connectivity index (χ0v) is 10.5. The first-order valence-corrected chi connectivity index (χ1v) is 6.43. The normalized spacial score (nSPS) is 18.5. The molecular weight excluding hydrogens is 212 g/mol. The van der Waals surface area contributed by atoms with E-state index in [1.54, 1.807) is 0 Å². The molecule has 2 rings (SSSR count). The summed E-state index contributed by atoms with van der Waals surface area (Å²) in [5, 5.41) is 10.1. The van der Waals surface area contributed by atoms with Gasteiger partial charge in [-0.1, -0.05) is 25.1 Å². The van der Waals surface area contributed by atoms with Crippen molar-refractivity contribution < 1.29 is 5.11 Å². The van der Waals surface area contributed by atoms with E-state index in [4.69, 9.17) is 5.73 Å². The van der Waals surface area contributed by atoms with Crippen LogP contribution in [-0.2, 0) is 13.1 Å². The Kier molecular flexibility index (Phi) is 4.02. The molecule has 3 nitrogen and oxygen atoms in total. The predicted molar refractivity (Wildman–Crippen MR) is 69.7 cm³/mol. The third-order valence-corrected chi connectivity index (χ3v) is 3.69. The monoisotopic (exact) mass is 234 g/mol. The van der Waals surface area contributed by atoms with Gasteiger partial charge in [0, 0.05) is 24.2 Å². The summed E-state index contributed by atoms with van der Waals surface area (Å²) in [6.45, 7) is 5.81. The Morgan fingerprint density at radius 2 is 1.94 bits per heavy atom. The lowest BCUT2D eigenvalue weighted by Crippen LogP contribution is -2.32. The molecule has 3 heteroatoms. The molecule has 94 valence electrons. The highest BCUT2D eigenvalue weighted by Gasteiger charge is 2.17. The minimum absolute atomic E-state index is 0.383. The first-order chi connectivity index (χ1) is 8.20. The Morgan fingerprint density at radius 3 is 2.59 bits per heavy atom. The molecule has 1 heterocycles. The van der Waals surface area contributed by atoms with E-state index in [0.717, 1.165) is 36.7 Å². The number of aromatic hydroxyl groups is 1. The van der Waals surface area contributed by atoms with E-state index in [-0.39, 0.29) is 0 Å². The first-order valence-electron chi connectivity index (χ1n) is 6.43. The zero-order chi connectivity index (χ0) is 12.3. The van der Waals surface area contributed by atoms with Gasteiger partial charge in [0.2, 0.25) is 0 Å². The second kappa shape index (κ2) is 5.52. The Morgan fingerprint density at radius 1 is 1.29 bits per heavy atom. The van der Waals surface area contributed by atoms with Crippen LogP contribution in [0.3, 0.4) is 0 Å². The fourth-order valence-electron chi connectivity index (χ4n) is 2.40. The zero-order valence-electron chi connectivity index (χ0n) is 10.5. The van der Waals surface area contributed by atoms with Crippen molar-refractivity contribution in [3.63, 3.8) is 0 Å². The minimum atomic E-state index is 0.383. The number of nitrogens with zero attached hydrogens (tertiary/aromatic N) is 1. The van der Waals surface area contributed by atoms with Crippen molar-refractivity contribution in [2.24, 2.45) is 11.7 Å². The summed E-state index contributed by atoms with van der Waals surface area (Å²) in [6, 6.07) is 5.85. The molecule has 0 unspecified atom stereocenters. The lowest BCUT2D eigenvalue weighted by atomic mass is 9.98. The van der Waals surface area contributed by atoms with Gasteiger partial charge in [-0.25, -0.2) is 0 Å². The maximum atomic E-state index is 10.1. The van der Waals surface area contributed by atoms with Gasteiger partial charge in [0.1, 0.15) is 5.75 Å². The summed E-state index contributed by atoms with van der Waals surface area (Å²) in [6.07, 6.45) is 2.52. The van der Waals surface area contributed by atoms with Gasteiger partial charge in [0.25, 0.3) is 0 Å². The fraction of sp³-hybridized carbons (Fsp3) is 0.571. The maximum absolute atomic E-state index is 10.1. The molecule has 1 aromatic rings. The van der Waals surface area contributed by atoms with Crippen LogP contribution in [0.5, 0.6) is 5.75 Å². The second-order valence-electron chi connectivity index (χ2n) is 5.09. The Labute approximate surface area is 103 Å². The van der Waals surface area contributed by atoms with E-state index in [1.807, 2.05) is 18.2 Å². The number of nitrogens with two attached hydrogens (primary N) is 1. The van der Waals surface area contributed by atoms with E-state index < -0.39 is 0 Å². The standard InChI is InChI=1S/C14H22N2O/c1-11-5-7-16(8-6-11)10-13-4-2-3-12(9-15)14(13)17/h2-4,11,17H,5-10,15H2,1H3. The van der Waals surface area contributed by atoms with E-state index in [9.17, 15) is 5.11 Å². The summed E-state index contributed by atoms with van der Waals surface area (Å²) in [7, 11) is 0. The SMILES string of the molecule is CC1CCN(Cc2cccc(CN)c2O)CC1. The van der Waals surface area contributed by atoms with Crippen molar-refractivity contribution in [1.29, 1.82) is 0 Å². The van der Waals surface area contributed by atoms with Gasteiger partial charge in [0.05, 0.1) is 0 Å². The molecular formula is C14H22N2O. The van der Waals surface area contributed by atoms with Gasteiger partial charge in [-0.3, -0.25) is 4.90 Å². The molecule has 0 spiro atoms. The number of phenolic OH excluding ortho intramolecular Hbond substituents is 1. The number of hydrogen-bond acceptors (Lipinski definition) is 3. The number of para-hydroxylation sites is 1. The Balaban J connectivity index is 2.03. The van der Waals surface area contributed by atoms with Crippen molar-refractivity contribution in [2.75, 3.05) is 13.1 Å². The van der Waals surface area contributed by atoms with E-state index in [2.05, 4.69) is 11.8 Å². The van der Waals surface area contributed by atoms with E-state index in [0.29, 0.717) is 12.3 Å². The highest BCUT2D eigenvalue weighted by molar-refractivity contribution is 5.40. The van der Waals surface area contributed by atoms with Gasteiger partial charge < -0.3 is 10.8 Å². The highest BCUT2D eigenvalue weighted by atomic mass is 16.3. The third-order valence-electron chi connectivity index (χ3n) is 3.69. The molecule has 1 aliphatic heterocycles. The molecule has 1 aromatic carbocycles. The molecule has 0 amide bonds. The number of likely N-dealkylation sites (tertiary alicyclic amines) is 1. The number of hydrogen-bond donors (Lipinski definition) is 2. The average Bonchev–Trinajstić information content (AvgIpc) is 2.35. The fourth-order valence-corrected chi connectivity index (χ4v) is 2.40. The van der Waals surface area contributed by atoms with Gasteiger partial charge in [-0.05, 0) is 31.8 Å². The summed E-state index contributed by atoms with van der Waals surface area (Å²) in [5.41, 5.74) is 7.44. The molecule has 0 radical (unpaired) electrons. The summed E-state index contributed by atoms with van der Waals surface area (Å²) < 4.78 is 0. The van der Waals surface area contributed by atoms with Crippen molar-refractivity contribution in [3.05, 3.63) is 29.3 Å². The van der Waals surface area contributed by atoms with Gasteiger partial charge in [-0.15, -0.1) is 0 Å². The van der Waals surface area contributed by atoms with Crippen molar-refractivity contribution in [2.45, 2.75) is 32.9 Å². The second-order valence-corrected chi connectivity index (χ2v) is 5.09. The van der Waals surface area contributed by atoms with Crippen LogP contribution < -0.4 is 5.73 Å². The number of phenols is 1.